The number of aldehydes is 1. The minimum Gasteiger partial charge on any atom is -0.468 e. The molecule has 12 unspecified atom stereocenters. The summed E-state index contributed by atoms with van der Waals surface area (Å²) >= 11 is 18.0. The number of hydrogen-bond acceptors (Lipinski definition) is 29. The van der Waals surface area contributed by atoms with E-state index in [1.54, 1.807) is 11.9 Å². The van der Waals surface area contributed by atoms with Crippen molar-refractivity contribution in [3.8, 4) is 0 Å². The van der Waals surface area contributed by atoms with Crippen molar-refractivity contribution < 1.29 is 108 Å². The van der Waals surface area contributed by atoms with E-state index < -0.39 is 91.3 Å². The summed E-state index contributed by atoms with van der Waals surface area (Å²) < 4.78 is 135. The molecule has 12 atom stereocenters. The Bertz CT molecular complexity index is 3000. The number of thioether (sulfide) groups is 1. The summed E-state index contributed by atoms with van der Waals surface area (Å²) in [6, 6.07) is -2.17. The van der Waals surface area contributed by atoms with Crippen molar-refractivity contribution in [2.45, 2.75) is 99.9 Å². The van der Waals surface area contributed by atoms with Crippen molar-refractivity contribution in [1.82, 2.24) is 45.5 Å². The molecule has 1 amide bonds. The molecule has 8 rings (SSSR count). The van der Waals surface area contributed by atoms with E-state index in [9.17, 15) is 70.9 Å². The second kappa shape index (κ2) is 68.1. The molecular formula is C56H118I7N9O20P7S6V-. The molecule has 0 saturated carbocycles. The number of sulfone groups is 5. The van der Waals surface area contributed by atoms with Crippen LogP contribution in [0.3, 0.4) is 0 Å². The summed E-state index contributed by atoms with van der Waals surface area (Å²) in [6.45, 7) is 23.1. The number of methoxy groups -OCH3 is 4. The van der Waals surface area contributed by atoms with E-state index >= 15 is 0 Å². The summed E-state index contributed by atoms with van der Waals surface area (Å²) in [6.07, 6.45) is 1.80. The molecule has 0 aromatic carbocycles. The number of ether oxygens (including phenoxy) is 4. The topological polar surface area (TPSA) is 374 Å². The summed E-state index contributed by atoms with van der Waals surface area (Å²) in [5.74, 6) is 1.12. The number of likely N-dealkylation sites (N-methyl/N-ethyl adjacent to an activating group) is 2. The molecule has 0 spiro atoms. The molecule has 29 nitrogen and oxygen atoms in total. The van der Waals surface area contributed by atoms with E-state index in [4.69, 9.17) is 0 Å². The van der Waals surface area contributed by atoms with E-state index in [1.807, 2.05) is 65.6 Å². The quantitative estimate of drug-likeness (QED) is 0.0302. The number of amides is 1. The average molecular weight is 2590 g/mol. The predicted molar refractivity (Wildman–Crippen MR) is 514 cm³/mol. The van der Waals surface area contributed by atoms with E-state index in [-0.39, 0.29) is 117 Å². The minimum atomic E-state index is -3.08. The molecule has 4 N–H and O–H groups in total. The van der Waals surface area contributed by atoms with Gasteiger partial charge in [0, 0.05) is 116 Å². The van der Waals surface area contributed by atoms with Crippen molar-refractivity contribution in [3.05, 3.63) is 4.43 Å². The van der Waals surface area contributed by atoms with E-state index in [0.717, 1.165) is 72.0 Å². The van der Waals surface area contributed by atoms with Gasteiger partial charge >= 0.3 is 23.9 Å². The Morgan fingerprint density at radius 3 is 1.56 bits per heavy atom. The van der Waals surface area contributed by atoms with Crippen LogP contribution < -0.4 is 21.0 Å². The summed E-state index contributed by atoms with van der Waals surface area (Å²) in [4.78, 5) is 75.7. The Morgan fingerprint density at radius 1 is 0.679 bits per heavy atom. The molecule has 0 aromatic rings. The molecule has 50 heteroatoms. The van der Waals surface area contributed by atoms with Crippen molar-refractivity contribution in [3.63, 3.8) is 0 Å². The van der Waals surface area contributed by atoms with Gasteiger partial charge in [-0.1, -0.05) is 189 Å². The van der Waals surface area contributed by atoms with Crippen molar-refractivity contribution >= 4 is 312 Å². The summed E-state index contributed by atoms with van der Waals surface area (Å²) in [7, 11) is 5.04. The molecule has 0 aromatic heterocycles. The van der Waals surface area contributed by atoms with Gasteiger partial charge in [0.15, 0.2) is 49.2 Å². The fraction of sp³-hybridized carbons (Fsp3) is 0.875. The van der Waals surface area contributed by atoms with Crippen LogP contribution in [-0.2, 0) is 115 Å². The van der Waals surface area contributed by atoms with Gasteiger partial charge in [-0.2, -0.15) is 18.7 Å². The van der Waals surface area contributed by atoms with Crippen LogP contribution in [0.4, 0.5) is 0 Å². The Morgan fingerprint density at radius 2 is 1.09 bits per heavy atom. The summed E-state index contributed by atoms with van der Waals surface area (Å²) in [5, 5.41) is 11.8. The van der Waals surface area contributed by atoms with Gasteiger partial charge in [0.2, 0.25) is 5.91 Å². The third-order valence-electron chi connectivity index (χ3n) is 14.2. The Hall–Kier alpha value is 5.50. The number of piperazine rings is 2. The van der Waals surface area contributed by atoms with Gasteiger partial charge in [-0.15, -0.1) is 17.9 Å². The third-order valence-corrected chi connectivity index (χ3v) is 56.0. The first-order valence-electron chi connectivity index (χ1n) is 32.3. The molecule has 106 heavy (non-hydrogen) atoms. The zero-order chi connectivity index (χ0) is 81.4. The molecule has 8 fully saturated rings. The maximum Gasteiger partial charge on any atom is 0.324 e. The number of nitrogens with one attached hydrogen (secondary N) is 4. The molecular weight excluding hydrogens is 2470 g/mol. The fourth-order valence-electron chi connectivity index (χ4n) is 9.17. The van der Waals surface area contributed by atoms with Crippen LogP contribution in [0, 0.1) is 4.43 Å². The Labute approximate surface area is 761 Å². The normalized spacial score (nSPS) is 24.3. The molecule has 633 valence electrons. The van der Waals surface area contributed by atoms with E-state index in [0.29, 0.717) is 50.2 Å². The van der Waals surface area contributed by atoms with Crippen molar-refractivity contribution in [2.24, 2.45) is 0 Å². The van der Waals surface area contributed by atoms with Gasteiger partial charge in [0.25, 0.3) is 0 Å². The molecule has 0 aliphatic carbocycles. The predicted octanol–water partition coefficient (Wildman–Crippen LogP) is 7.21. The number of hydrogen-bond donors (Lipinski definition) is 4. The second-order valence-electron chi connectivity index (χ2n) is 22.4. The molecule has 1 radical (unpaired) electrons. The molecule has 8 aliphatic heterocycles. The van der Waals surface area contributed by atoms with Gasteiger partial charge < -0.3 is 62.3 Å². The van der Waals surface area contributed by atoms with Crippen LogP contribution in [0.15, 0.2) is 0 Å². The van der Waals surface area contributed by atoms with Gasteiger partial charge in [-0.25, -0.2) is 42.1 Å². The molecule has 8 saturated heterocycles. The number of rotatable bonds is 11. The van der Waals surface area contributed by atoms with Crippen LogP contribution >= 0.6 is 227 Å². The zero-order valence-corrected chi connectivity index (χ0v) is 90.6. The number of carbonyl (C=O) groups is 6. The van der Waals surface area contributed by atoms with Gasteiger partial charge in [-0.3, -0.25) is 58.0 Å². The average Bonchev–Trinajstić information content (AvgIpc) is 0.867. The number of nitrogens with zero attached hydrogens (tertiary/aromatic N) is 5. The first-order chi connectivity index (χ1) is 48.2. The third kappa shape index (κ3) is 61.7. The van der Waals surface area contributed by atoms with Gasteiger partial charge in [-0.05, 0) is 59.3 Å². The summed E-state index contributed by atoms with van der Waals surface area (Å²) in [5.41, 5.74) is 0. The second-order valence-corrected chi connectivity index (χ2v) is 79.6. The standard InChI is InChI=1S/C9H17NO4S.C7H12N2O3S.C7H14N2O2S.C7H13NO4S.C7H13NO2S.C6H11NO4S.C2H3I3.C2H4I2.C2H5I.C2H4I.C2H12NOP7.C2H6.CH4.V/c1-3-4-10-5-6-15(12,13)7-8(10)9(11)14-2;10-7-6-5-13(11,12)4-3-9(6)2-1-8-7;10-12(11)4-3-9-2-1-8-5-7(9)6-12;1-8-3-4-13(10,11)5-6(8)7(9)12-2;1-8-3-4-11-5-6(8)7(9)10-2;1-11-6(8)5-4-12(9,10)3-2-7-5;1-2(3,4)5;1-2(3)4;2*1-2-3;4-2-1-3-9(5)11(8)10(6)7;1-2;;/h8H,3-7H2,1-2H3;6H,1-5H2,(H,8,10);7-8H,1-6H2;6H,3-5H2,1-2H3;6H,3-5H2,1-2H3;5,7H,2-4H2,1H3;1H3;2H,1H3;2H2,1H3;2H,1H3;2-3H,1,5-8H2;1-2H3;1H4;/q;;;;;;;;;-1;;;;. The number of carbonyl (C=O) groups excluding carboxylic acids is 6. The SMILES string of the molecule is C.CC.CC(I)(I)I.CC(I)I.CCCN1CCS(=O)(=O)CC1C(=O)OC.CCI.COC(=O)C1CS(=O)(=O)CCN1.COC(=O)C1CS(=O)(=O)CCN1C.COC(=O)C1CSCCN1C.C[CH-]I.O=C1NCCN2CCS(=O)(=O)CC12.O=CCNP(P)P(P)P(P)P.O=S1(=O)CCN2CCNCC2C1.[V]. The zero-order valence-electron chi connectivity index (χ0n) is 61.9. The molecule has 8 heterocycles. The van der Waals surface area contributed by atoms with Crippen molar-refractivity contribution in [1.29, 1.82) is 0 Å². The first-order valence-corrected chi connectivity index (χ1v) is 63.0. The maximum absolute atomic E-state index is 11.4. The number of halogens is 7. The van der Waals surface area contributed by atoms with Crippen LogP contribution in [0.5, 0.6) is 0 Å². The number of fused-ring (bicyclic) bond motifs is 2. The van der Waals surface area contributed by atoms with E-state index in [1.165, 1.54) is 32.9 Å². The van der Waals surface area contributed by atoms with Crippen LogP contribution in [-0.4, -0.2) is 341 Å². The number of esters is 4. The van der Waals surface area contributed by atoms with Crippen LogP contribution in [0.1, 0.15) is 62.3 Å². The fourth-order valence-corrected chi connectivity index (χ4v) is 39.2. The smallest absolute Gasteiger partial charge is 0.324 e. The van der Waals surface area contributed by atoms with Crippen LogP contribution in [0.2, 0.25) is 0 Å². The van der Waals surface area contributed by atoms with Gasteiger partial charge in [0.1, 0.15) is 35.9 Å². The monoisotopic (exact) mass is 2580 g/mol. The van der Waals surface area contributed by atoms with Crippen molar-refractivity contribution in [2.75, 3.05) is 201 Å². The molecule has 0 bridgehead atoms. The number of alkyl halides is 6. The van der Waals surface area contributed by atoms with Crippen LogP contribution in [0.25, 0.3) is 0 Å². The molecule has 8 aliphatic rings. The Balaban J connectivity index is -0.000000265. The first kappa shape index (κ1) is 122. The Kier molecular flexibility index (Phi) is 78.6. The maximum atomic E-state index is 11.4. The van der Waals surface area contributed by atoms with E-state index in [2.05, 4.69) is 260 Å². The largest absolute Gasteiger partial charge is 0.468 e. The minimum absolute atomic E-state index is 0. The van der Waals surface area contributed by atoms with Gasteiger partial charge in [0.05, 0.1) is 94.4 Å².